The SMILES string of the molecule is CN(C)S(=O)(=O)c1cccc(C(=O)NNC(=O)C(c2ccccc2)N2CCS(=O)(=O)CC2)c1. The number of sulfonamides is 1. The first-order valence-electron chi connectivity index (χ1n) is 10.1. The van der Waals surface area contributed by atoms with Crippen LogP contribution in [0.1, 0.15) is 22.0 Å². The van der Waals surface area contributed by atoms with E-state index in [1.54, 1.807) is 35.2 Å². The molecule has 0 saturated carbocycles. The Morgan fingerprint density at radius 3 is 2.21 bits per heavy atom. The Kier molecular flexibility index (Phi) is 7.52. The van der Waals surface area contributed by atoms with Gasteiger partial charge in [-0.05, 0) is 23.8 Å². The third kappa shape index (κ3) is 5.96. The van der Waals surface area contributed by atoms with E-state index in [9.17, 15) is 26.4 Å². The van der Waals surface area contributed by atoms with Crippen molar-refractivity contribution < 1.29 is 26.4 Å². The van der Waals surface area contributed by atoms with Crippen molar-refractivity contribution >= 4 is 31.7 Å². The van der Waals surface area contributed by atoms with E-state index in [4.69, 9.17) is 0 Å². The first-order chi connectivity index (χ1) is 15.5. The molecule has 1 fully saturated rings. The third-order valence-electron chi connectivity index (χ3n) is 5.28. The fourth-order valence-electron chi connectivity index (χ4n) is 3.42. The van der Waals surface area contributed by atoms with E-state index in [2.05, 4.69) is 10.9 Å². The lowest BCUT2D eigenvalue weighted by Crippen LogP contribution is -2.51. The maximum absolute atomic E-state index is 13.0. The van der Waals surface area contributed by atoms with Gasteiger partial charge in [0.2, 0.25) is 10.0 Å². The van der Waals surface area contributed by atoms with Crippen LogP contribution in [0.25, 0.3) is 0 Å². The van der Waals surface area contributed by atoms with Gasteiger partial charge in [0.05, 0.1) is 16.4 Å². The Balaban J connectivity index is 1.75. The van der Waals surface area contributed by atoms with Gasteiger partial charge in [-0.1, -0.05) is 36.4 Å². The summed E-state index contributed by atoms with van der Waals surface area (Å²) in [4.78, 5) is 27.3. The molecule has 3 rings (SSSR count). The van der Waals surface area contributed by atoms with Gasteiger partial charge in [0.25, 0.3) is 11.8 Å². The molecule has 1 aliphatic heterocycles. The van der Waals surface area contributed by atoms with Crippen LogP contribution in [-0.4, -0.2) is 76.5 Å². The van der Waals surface area contributed by atoms with Crippen molar-refractivity contribution in [3.05, 3.63) is 65.7 Å². The Labute approximate surface area is 193 Å². The third-order valence-corrected chi connectivity index (χ3v) is 8.70. The van der Waals surface area contributed by atoms with Crippen molar-refractivity contribution in [1.29, 1.82) is 0 Å². The van der Waals surface area contributed by atoms with Gasteiger partial charge in [0, 0.05) is 32.7 Å². The van der Waals surface area contributed by atoms with Gasteiger partial charge in [0.15, 0.2) is 9.84 Å². The van der Waals surface area contributed by atoms with E-state index >= 15 is 0 Å². The van der Waals surface area contributed by atoms with Crippen LogP contribution in [-0.2, 0) is 24.7 Å². The Bertz CT molecular complexity index is 1220. The number of nitrogens with zero attached hydrogens (tertiary/aromatic N) is 2. The van der Waals surface area contributed by atoms with E-state index in [0.29, 0.717) is 5.56 Å². The maximum atomic E-state index is 13.0. The highest BCUT2D eigenvalue weighted by Gasteiger charge is 2.32. The molecule has 1 atom stereocenters. The molecule has 0 aromatic heterocycles. The highest BCUT2D eigenvalue weighted by Crippen LogP contribution is 2.23. The Morgan fingerprint density at radius 1 is 0.970 bits per heavy atom. The summed E-state index contributed by atoms with van der Waals surface area (Å²) < 4.78 is 49.3. The molecule has 1 unspecified atom stereocenters. The minimum Gasteiger partial charge on any atom is -0.286 e. The number of sulfone groups is 1. The maximum Gasteiger partial charge on any atom is 0.269 e. The minimum atomic E-state index is -3.73. The molecular formula is C21H26N4O6S2. The molecule has 2 amide bonds. The fraction of sp³-hybridized carbons (Fsp3) is 0.333. The molecular weight excluding hydrogens is 468 g/mol. The molecule has 2 N–H and O–H groups in total. The highest BCUT2D eigenvalue weighted by molar-refractivity contribution is 7.91. The summed E-state index contributed by atoms with van der Waals surface area (Å²) in [5.74, 6) is -1.33. The van der Waals surface area contributed by atoms with Crippen LogP contribution in [0.2, 0.25) is 0 Å². The van der Waals surface area contributed by atoms with E-state index in [0.717, 1.165) is 4.31 Å². The van der Waals surface area contributed by atoms with Crippen LogP contribution in [0.3, 0.4) is 0 Å². The predicted molar refractivity (Wildman–Crippen MR) is 122 cm³/mol. The second kappa shape index (κ2) is 10.00. The summed E-state index contributed by atoms with van der Waals surface area (Å²) in [6.45, 7) is 0.376. The lowest BCUT2D eigenvalue weighted by Gasteiger charge is -2.33. The molecule has 33 heavy (non-hydrogen) atoms. The van der Waals surface area contributed by atoms with Crippen molar-refractivity contribution in [2.45, 2.75) is 10.9 Å². The van der Waals surface area contributed by atoms with Crippen LogP contribution in [0.5, 0.6) is 0 Å². The summed E-state index contributed by atoms with van der Waals surface area (Å²) in [5, 5.41) is 0. The zero-order chi connectivity index (χ0) is 24.2. The van der Waals surface area contributed by atoms with Crippen LogP contribution in [0.4, 0.5) is 0 Å². The number of amides is 2. The molecule has 1 saturated heterocycles. The fourth-order valence-corrected chi connectivity index (χ4v) is 5.59. The Morgan fingerprint density at radius 2 is 1.61 bits per heavy atom. The molecule has 2 aromatic rings. The van der Waals surface area contributed by atoms with Crippen LogP contribution < -0.4 is 10.9 Å². The minimum absolute atomic E-state index is 0.0525. The van der Waals surface area contributed by atoms with E-state index in [-0.39, 0.29) is 35.1 Å². The van der Waals surface area contributed by atoms with Crippen LogP contribution in [0.15, 0.2) is 59.5 Å². The number of hydrogen-bond acceptors (Lipinski definition) is 7. The van der Waals surface area contributed by atoms with E-state index in [1.807, 2.05) is 0 Å². The molecule has 0 radical (unpaired) electrons. The number of nitrogens with one attached hydrogen (secondary N) is 2. The second-order valence-corrected chi connectivity index (χ2v) is 12.2. The quantitative estimate of drug-likeness (QED) is 0.547. The summed E-state index contributed by atoms with van der Waals surface area (Å²) in [6, 6.07) is 13.5. The summed E-state index contributed by atoms with van der Waals surface area (Å²) in [7, 11) is -4.09. The van der Waals surface area contributed by atoms with Crippen molar-refractivity contribution in [3.63, 3.8) is 0 Å². The molecule has 178 valence electrons. The van der Waals surface area contributed by atoms with Crippen molar-refractivity contribution in [2.24, 2.45) is 0 Å². The normalized spacial score (nSPS) is 17.3. The van der Waals surface area contributed by atoms with Crippen molar-refractivity contribution in [1.82, 2.24) is 20.1 Å². The van der Waals surface area contributed by atoms with E-state index in [1.165, 1.54) is 38.4 Å². The number of carbonyl (C=O) groups excluding carboxylic acids is 2. The van der Waals surface area contributed by atoms with Gasteiger partial charge in [-0.3, -0.25) is 25.3 Å². The topological polar surface area (TPSA) is 133 Å². The van der Waals surface area contributed by atoms with Crippen LogP contribution >= 0.6 is 0 Å². The van der Waals surface area contributed by atoms with Gasteiger partial charge in [0.1, 0.15) is 6.04 Å². The zero-order valence-electron chi connectivity index (χ0n) is 18.3. The standard InChI is InChI=1S/C21H26N4O6S2/c1-24(2)33(30,31)18-10-6-9-17(15-18)20(26)22-23-21(27)19(16-7-4-3-5-8-16)25-11-13-32(28,29)14-12-25/h3-10,15,19H,11-14H2,1-2H3,(H,22,26)(H,23,27). The molecule has 12 heteroatoms. The molecule has 2 aromatic carbocycles. The van der Waals surface area contributed by atoms with Gasteiger partial charge in [-0.15, -0.1) is 0 Å². The van der Waals surface area contributed by atoms with Crippen molar-refractivity contribution in [3.8, 4) is 0 Å². The highest BCUT2D eigenvalue weighted by atomic mass is 32.2. The predicted octanol–water partition coefficient (Wildman–Crippen LogP) is 0.170. The molecule has 1 heterocycles. The average molecular weight is 495 g/mol. The molecule has 0 bridgehead atoms. The molecule has 0 aliphatic carbocycles. The second-order valence-electron chi connectivity index (χ2n) is 7.76. The zero-order valence-corrected chi connectivity index (χ0v) is 19.9. The van der Waals surface area contributed by atoms with Crippen LogP contribution in [0, 0.1) is 0 Å². The molecule has 1 aliphatic rings. The number of carbonyl (C=O) groups is 2. The number of rotatable bonds is 6. The monoisotopic (exact) mass is 494 g/mol. The smallest absolute Gasteiger partial charge is 0.269 e. The number of benzene rings is 2. The number of hydrazine groups is 1. The van der Waals surface area contributed by atoms with Gasteiger partial charge in [-0.25, -0.2) is 21.1 Å². The number of hydrogen-bond donors (Lipinski definition) is 2. The Hall–Kier alpha value is -2.80. The lowest BCUT2D eigenvalue weighted by atomic mass is 10.0. The molecule has 0 spiro atoms. The van der Waals surface area contributed by atoms with Gasteiger partial charge < -0.3 is 0 Å². The summed E-state index contributed by atoms with van der Waals surface area (Å²) >= 11 is 0. The van der Waals surface area contributed by atoms with E-state index < -0.39 is 37.7 Å². The summed E-state index contributed by atoms with van der Waals surface area (Å²) in [5.41, 5.74) is 5.42. The first kappa shape index (κ1) is 24.8. The molecule has 10 nitrogen and oxygen atoms in total. The lowest BCUT2D eigenvalue weighted by molar-refractivity contribution is -0.127. The largest absolute Gasteiger partial charge is 0.286 e. The first-order valence-corrected chi connectivity index (χ1v) is 13.4. The summed E-state index contributed by atoms with van der Waals surface area (Å²) in [6.07, 6.45) is 0. The van der Waals surface area contributed by atoms with Gasteiger partial charge >= 0.3 is 0 Å². The van der Waals surface area contributed by atoms with Gasteiger partial charge in [-0.2, -0.15) is 0 Å². The van der Waals surface area contributed by atoms with Crippen molar-refractivity contribution in [2.75, 3.05) is 38.7 Å². The average Bonchev–Trinajstić information content (AvgIpc) is 2.79.